The maximum absolute atomic E-state index is 12.9. The molecule has 6 heteroatoms. The summed E-state index contributed by atoms with van der Waals surface area (Å²) in [6.45, 7) is 4.47. The van der Waals surface area contributed by atoms with Crippen LogP contribution in [0.25, 0.3) is 10.8 Å². The van der Waals surface area contributed by atoms with Gasteiger partial charge in [-0.05, 0) is 42.8 Å². The summed E-state index contributed by atoms with van der Waals surface area (Å²) >= 11 is 0. The van der Waals surface area contributed by atoms with Crippen molar-refractivity contribution < 1.29 is 19.4 Å². The molecule has 0 bridgehead atoms. The van der Waals surface area contributed by atoms with E-state index in [1.807, 2.05) is 18.2 Å². The van der Waals surface area contributed by atoms with Crippen molar-refractivity contribution in [3.05, 3.63) is 60.2 Å². The Labute approximate surface area is 239 Å². The number of ether oxygens (including phenoxy) is 1. The molecule has 40 heavy (non-hydrogen) atoms. The molecule has 3 aromatic carbocycles. The minimum absolute atomic E-state index is 0.0311. The Morgan fingerprint density at radius 1 is 0.775 bits per heavy atom. The van der Waals surface area contributed by atoms with Crippen molar-refractivity contribution in [1.29, 1.82) is 0 Å². The highest BCUT2D eigenvalue weighted by Crippen LogP contribution is 2.35. The van der Waals surface area contributed by atoms with Crippen LogP contribution >= 0.6 is 0 Å². The topological polar surface area (TPSA) is 78.9 Å². The van der Waals surface area contributed by atoms with Crippen LogP contribution in [0.1, 0.15) is 101 Å². The van der Waals surface area contributed by atoms with Gasteiger partial charge in [-0.25, -0.2) is 0 Å². The molecule has 0 aromatic heterocycles. The van der Waals surface area contributed by atoms with Gasteiger partial charge in [0, 0.05) is 29.9 Å². The largest absolute Gasteiger partial charge is 0.506 e. The van der Waals surface area contributed by atoms with Crippen molar-refractivity contribution >= 4 is 34.0 Å². The summed E-state index contributed by atoms with van der Waals surface area (Å²) in [6.07, 6.45) is 15.2. The number of amides is 2. The molecule has 3 rings (SSSR count). The number of carbonyl (C=O) groups excluding carboxylic acids is 2. The van der Waals surface area contributed by atoms with Crippen molar-refractivity contribution in [3.8, 4) is 11.5 Å². The average molecular weight is 547 g/mol. The number of methoxy groups -OCH3 is 1. The maximum atomic E-state index is 12.9. The molecule has 0 spiro atoms. The van der Waals surface area contributed by atoms with Gasteiger partial charge in [0.15, 0.2) is 0 Å². The maximum Gasteiger partial charge on any atom is 0.259 e. The first kappa shape index (κ1) is 31.0. The number of nitrogens with zero attached hydrogens (tertiary/aromatic N) is 1. The first-order valence-corrected chi connectivity index (χ1v) is 14.9. The number of anilines is 2. The van der Waals surface area contributed by atoms with E-state index in [2.05, 4.69) is 12.2 Å². The summed E-state index contributed by atoms with van der Waals surface area (Å²) in [6, 6.07) is 15.9. The second-order valence-electron chi connectivity index (χ2n) is 10.6. The third kappa shape index (κ3) is 9.00. The lowest BCUT2D eigenvalue weighted by atomic mass is 10.0. The number of nitrogens with one attached hydrogen (secondary N) is 1. The lowest BCUT2D eigenvalue weighted by Gasteiger charge is -2.23. The molecule has 0 atom stereocenters. The summed E-state index contributed by atoms with van der Waals surface area (Å²) in [5.41, 5.74) is 1.53. The highest BCUT2D eigenvalue weighted by Gasteiger charge is 2.19. The van der Waals surface area contributed by atoms with E-state index < -0.39 is 5.91 Å². The number of rotatable bonds is 17. The van der Waals surface area contributed by atoms with Gasteiger partial charge in [0.1, 0.15) is 11.5 Å². The first-order valence-electron chi connectivity index (χ1n) is 14.9. The SMILES string of the molecule is CCCCCCCCCCCCCCN(C(C)=O)c1cccc2c(O)c(C(=O)Nc3ccc(OC)cc3)ccc12. The van der Waals surface area contributed by atoms with Crippen molar-refractivity contribution in [1.82, 2.24) is 0 Å². The summed E-state index contributed by atoms with van der Waals surface area (Å²) < 4.78 is 5.16. The van der Waals surface area contributed by atoms with E-state index in [1.54, 1.807) is 55.3 Å². The standard InChI is InChI=1S/C34H46N2O4/c1-4-5-6-7-8-9-10-11-12-13-14-15-25-36(26(2)37)32-18-16-17-30-29(32)23-24-31(33(30)38)34(39)35-27-19-21-28(40-3)22-20-27/h16-24,38H,4-15,25H2,1-3H3,(H,35,39). The van der Waals surface area contributed by atoms with Gasteiger partial charge in [-0.15, -0.1) is 0 Å². The summed E-state index contributed by atoms with van der Waals surface area (Å²) in [7, 11) is 1.58. The average Bonchev–Trinajstić information content (AvgIpc) is 2.96. The van der Waals surface area contributed by atoms with Crippen LogP contribution in [-0.4, -0.2) is 30.6 Å². The van der Waals surface area contributed by atoms with Gasteiger partial charge in [0.25, 0.3) is 5.91 Å². The van der Waals surface area contributed by atoms with E-state index >= 15 is 0 Å². The number of carbonyl (C=O) groups is 2. The summed E-state index contributed by atoms with van der Waals surface area (Å²) in [5.74, 6) is 0.156. The van der Waals surface area contributed by atoms with Crippen molar-refractivity contribution in [2.45, 2.75) is 90.9 Å². The molecular weight excluding hydrogens is 500 g/mol. The number of benzene rings is 3. The fraction of sp³-hybridized carbons (Fsp3) is 0.471. The van der Waals surface area contributed by atoms with Crippen LogP contribution in [0.15, 0.2) is 54.6 Å². The van der Waals surface area contributed by atoms with Crippen LogP contribution in [0.3, 0.4) is 0 Å². The predicted molar refractivity (Wildman–Crippen MR) is 166 cm³/mol. The number of phenolic OH excluding ortho intramolecular Hbond substituents is 1. The van der Waals surface area contributed by atoms with E-state index in [4.69, 9.17) is 4.74 Å². The summed E-state index contributed by atoms with van der Waals surface area (Å²) in [4.78, 5) is 27.3. The molecule has 0 saturated heterocycles. The van der Waals surface area contributed by atoms with Gasteiger partial charge in [0.05, 0.1) is 18.4 Å². The van der Waals surface area contributed by atoms with E-state index in [-0.39, 0.29) is 17.2 Å². The lowest BCUT2D eigenvalue weighted by molar-refractivity contribution is -0.116. The molecule has 0 fully saturated rings. The molecular formula is C34H46N2O4. The fourth-order valence-corrected chi connectivity index (χ4v) is 5.18. The molecule has 0 aliphatic rings. The minimum Gasteiger partial charge on any atom is -0.506 e. The molecule has 3 aromatic rings. The van der Waals surface area contributed by atoms with Crippen molar-refractivity contribution in [2.75, 3.05) is 23.9 Å². The highest BCUT2D eigenvalue weighted by atomic mass is 16.5. The van der Waals surface area contributed by atoms with Gasteiger partial charge in [0.2, 0.25) is 5.91 Å². The zero-order valence-corrected chi connectivity index (χ0v) is 24.5. The smallest absolute Gasteiger partial charge is 0.259 e. The Bertz CT molecular complexity index is 1220. The Morgan fingerprint density at radius 3 is 1.95 bits per heavy atom. The molecule has 216 valence electrons. The van der Waals surface area contributed by atoms with E-state index in [0.29, 0.717) is 23.4 Å². The first-order chi connectivity index (χ1) is 19.5. The van der Waals surface area contributed by atoms with Crippen molar-refractivity contribution in [2.24, 2.45) is 0 Å². The number of hydrogen-bond donors (Lipinski definition) is 2. The Kier molecular flexibility index (Phi) is 12.8. The zero-order valence-electron chi connectivity index (χ0n) is 24.5. The van der Waals surface area contributed by atoms with Crippen LogP contribution in [0.4, 0.5) is 11.4 Å². The van der Waals surface area contributed by atoms with E-state index in [0.717, 1.165) is 23.9 Å². The van der Waals surface area contributed by atoms with Crippen LogP contribution in [-0.2, 0) is 4.79 Å². The van der Waals surface area contributed by atoms with Crippen LogP contribution in [0.2, 0.25) is 0 Å². The predicted octanol–water partition coefficient (Wildman–Crippen LogP) is 8.86. The molecule has 0 aliphatic carbocycles. The van der Waals surface area contributed by atoms with Crippen molar-refractivity contribution in [3.63, 3.8) is 0 Å². The molecule has 0 aliphatic heterocycles. The number of fused-ring (bicyclic) bond motifs is 1. The van der Waals surface area contributed by atoms with Crippen LogP contribution < -0.4 is 15.0 Å². The molecule has 0 saturated carbocycles. The highest BCUT2D eigenvalue weighted by molar-refractivity contribution is 6.12. The number of phenols is 1. The molecule has 0 unspecified atom stereocenters. The molecule has 2 amide bonds. The Morgan fingerprint density at radius 2 is 1.38 bits per heavy atom. The van der Waals surface area contributed by atoms with E-state index in [9.17, 15) is 14.7 Å². The zero-order chi connectivity index (χ0) is 28.7. The van der Waals surface area contributed by atoms with Gasteiger partial charge >= 0.3 is 0 Å². The third-order valence-corrected chi connectivity index (χ3v) is 7.51. The van der Waals surface area contributed by atoms with Crippen LogP contribution in [0.5, 0.6) is 11.5 Å². The quantitative estimate of drug-likeness (QED) is 0.166. The fourth-order valence-electron chi connectivity index (χ4n) is 5.18. The molecule has 0 heterocycles. The third-order valence-electron chi connectivity index (χ3n) is 7.51. The number of unbranched alkanes of at least 4 members (excludes halogenated alkanes) is 11. The molecule has 6 nitrogen and oxygen atoms in total. The minimum atomic E-state index is -0.408. The van der Waals surface area contributed by atoms with Gasteiger partial charge in [-0.1, -0.05) is 95.8 Å². The van der Waals surface area contributed by atoms with Gasteiger partial charge in [-0.2, -0.15) is 0 Å². The summed E-state index contributed by atoms with van der Waals surface area (Å²) in [5, 5.41) is 15.1. The second kappa shape index (κ2) is 16.5. The normalized spacial score (nSPS) is 11.0. The number of hydrogen-bond acceptors (Lipinski definition) is 4. The van der Waals surface area contributed by atoms with Gasteiger partial charge in [-0.3, -0.25) is 9.59 Å². The van der Waals surface area contributed by atoms with Crippen LogP contribution in [0, 0.1) is 0 Å². The van der Waals surface area contributed by atoms with E-state index in [1.165, 1.54) is 64.2 Å². The second-order valence-corrected chi connectivity index (χ2v) is 10.6. The van der Waals surface area contributed by atoms with Gasteiger partial charge < -0.3 is 20.1 Å². The molecule has 0 radical (unpaired) electrons. The Hall–Kier alpha value is -3.54. The monoisotopic (exact) mass is 546 g/mol. The Balaban J connectivity index is 1.56. The lowest BCUT2D eigenvalue weighted by Crippen LogP contribution is -2.29. The number of aromatic hydroxyl groups is 1. The molecule has 2 N–H and O–H groups in total.